The van der Waals surface area contributed by atoms with E-state index in [9.17, 15) is 27.2 Å². The monoisotopic (exact) mass is 572 g/mol. The number of alkyl halides is 5. The molecule has 3 aromatic carbocycles. The molecule has 4 rings (SSSR count). The Kier molecular flexibility index (Phi) is 7.22. The first-order valence-electron chi connectivity index (χ1n) is 10.9. The first-order chi connectivity index (χ1) is 17.2. The van der Waals surface area contributed by atoms with Gasteiger partial charge >= 0.3 is 6.18 Å². The zero-order valence-corrected chi connectivity index (χ0v) is 21.4. The average Bonchev–Trinajstić information content (AvgIpc) is 3.39. The number of anilines is 2. The Morgan fingerprint density at radius 2 is 1.78 bits per heavy atom. The van der Waals surface area contributed by atoms with Crippen molar-refractivity contribution in [2.75, 3.05) is 11.1 Å². The number of halogens is 7. The number of carbonyl (C=O) groups is 2. The van der Waals surface area contributed by atoms with Crippen LogP contribution in [0.25, 0.3) is 0 Å². The molecule has 1 amide bonds. The average molecular weight is 574 g/mol. The van der Waals surface area contributed by atoms with Gasteiger partial charge < -0.3 is 11.1 Å². The first kappa shape index (κ1) is 27.2. The summed E-state index contributed by atoms with van der Waals surface area (Å²) >= 11 is 18.7. The highest BCUT2D eigenvalue weighted by molar-refractivity contribution is 6.53. The van der Waals surface area contributed by atoms with Gasteiger partial charge in [0.2, 0.25) is 5.91 Å². The molecule has 0 radical (unpaired) electrons. The highest BCUT2D eigenvalue weighted by atomic mass is 35.5. The predicted octanol–water partition coefficient (Wildman–Crippen LogP) is 7.34. The standard InChI is InChI=1S/C26H19Cl3F4N2O2/c1-12-13(3-2-4-20(12)34)10-21(36)16-11-15(6-7-18(16)27)35-24(37)23-22(25(23,28)29)14-5-8-19(30)17(9-14)26(31,32)33/h2-9,11,22-23H,10,34H2,1H3,(H,35,37)/t22-,23+/m0/s1. The fourth-order valence-corrected chi connectivity index (χ4v) is 5.27. The minimum Gasteiger partial charge on any atom is -0.399 e. The van der Waals surface area contributed by atoms with Gasteiger partial charge in [-0.3, -0.25) is 9.59 Å². The molecule has 37 heavy (non-hydrogen) atoms. The van der Waals surface area contributed by atoms with Gasteiger partial charge in [0.05, 0.1) is 16.5 Å². The van der Waals surface area contributed by atoms with Gasteiger partial charge in [0.15, 0.2) is 5.78 Å². The van der Waals surface area contributed by atoms with Gasteiger partial charge in [-0.2, -0.15) is 13.2 Å². The number of nitrogens with one attached hydrogen (secondary N) is 1. The summed E-state index contributed by atoms with van der Waals surface area (Å²) in [7, 11) is 0. The molecule has 0 bridgehead atoms. The van der Waals surface area contributed by atoms with E-state index >= 15 is 0 Å². The molecule has 0 unspecified atom stereocenters. The summed E-state index contributed by atoms with van der Waals surface area (Å²) in [6.45, 7) is 1.80. The van der Waals surface area contributed by atoms with Crippen molar-refractivity contribution in [2.45, 2.75) is 29.8 Å². The molecule has 3 N–H and O–H groups in total. The van der Waals surface area contributed by atoms with Crippen molar-refractivity contribution < 1.29 is 27.2 Å². The Hall–Kier alpha value is -2.81. The highest BCUT2D eigenvalue weighted by Crippen LogP contribution is 2.65. The molecule has 1 aliphatic carbocycles. The number of Topliss-reactive ketones (excluding diaryl/α,β-unsaturated/α-hetero) is 1. The van der Waals surface area contributed by atoms with E-state index in [4.69, 9.17) is 40.5 Å². The lowest BCUT2D eigenvalue weighted by Gasteiger charge is -2.11. The molecule has 4 nitrogen and oxygen atoms in total. The fourth-order valence-electron chi connectivity index (χ4n) is 4.22. The number of nitrogen functional groups attached to an aromatic ring is 1. The summed E-state index contributed by atoms with van der Waals surface area (Å²) in [5.74, 6) is -4.56. The zero-order valence-electron chi connectivity index (χ0n) is 19.1. The van der Waals surface area contributed by atoms with E-state index in [1.54, 1.807) is 25.1 Å². The van der Waals surface area contributed by atoms with Gasteiger partial charge in [-0.25, -0.2) is 4.39 Å². The molecule has 0 aromatic heterocycles. The van der Waals surface area contributed by atoms with E-state index in [0.29, 0.717) is 17.8 Å². The van der Waals surface area contributed by atoms with Gasteiger partial charge in [0.25, 0.3) is 0 Å². The number of rotatable bonds is 6. The van der Waals surface area contributed by atoms with Gasteiger partial charge in [-0.15, -0.1) is 23.2 Å². The van der Waals surface area contributed by atoms with Crippen LogP contribution in [0, 0.1) is 18.7 Å². The van der Waals surface area contributed by atoms with Crippen molar-refractivity contribution in [1.82, 2.24) is 0 Å². The maximum atomic E-state index is 13.7. The molecule has 0 aliphatic heterocycles. The van der Waals surface area contributed by atoms with E-state index < -0.39 is 39.6 Å². The Balaban J connectivity index is 1.53. The van der Waals surface area contributed by atoms with Crippen LogP contribution in [0.3, 0.4) is 0 Å². The van der Waals surface area contributed by atoms with E-state index in [1.807, 2.05) is 0 Å². The van der Waals surface area contributed by atoms with Crippen LogP contribution in [-0.2, 0) is 17.4 Å². The number of nitrogens with two attached hydrogens (primary N) is 1. The normalized spacial score (nSPS) is 18.4. The molecule has 2 atom stereocenters. The lowest BCUT2D eigenvalue weighted by molar-refractivity contribution is -0.140. The van der Waals surface area contributed by atoms with Crippen LogP contribution in [0.4, 0.5) is 28.9 Å². The lowest BCUT2D eigenvalue weighted by atomic mass is 9.98. The van der Waals surface area contributed by atoms with Gasteiger partial charge in [0, 0.05) is 29.3 Å². The van der Waals surface area contributed by atoms with Crippen LogP contribution in [-0.4, -0.2) is 16.0 Å². The maximum absolute atomic E-state index is 13.7. The molecule has 1 saturated carbocycles. The van der Waals surface area contributed by atoms with Gasteiger partial charge in [-0.1, -0.05) is 29.8 Å². The van der Waals surface area contributed by atoms with Crippen LogP contribution < -0.4 is 11.1 Å². The molecule has 0 spiro atoms. The van der Waals surface area contributed by atoms with Crippen LogP contribution in [0.2, 0.25) is 5.02 Å². The van der Waals surface area contributed by atoms with Crippen LogP contribution >= 0.6 is 34.8 Å². The predicted molar refractivity (Wildman–Crippen MR) is 136 cm³/mol. The Bertz CT molecular complexity index is 1410. The summed E-state index contributed by atoms with van der Waals surface area (Å²) in [5.41, 5.74) is 6.82. The number of amides is 1. The van der Waals surface area contributed by atoms with Crippen molar-refractivity contribution >= 4 is 57.9 Å². The lowest BCUT2D eigenvalue weighted by Crippen LogP contribution is -2.17. The van der Waals surface area contributed by atoms with Crippen LogP contribution in [0.5, 0.6) is 0 Å². The second-order valence-corrected chi connectivity index (χ2v) is 10.6. The molecule has 194 valence electrons. The molecular formula is C26H19Cl3F4N2O2. The summed E-state index contributed by atoms with van der Waals surface area (Å²) in [6, 6.07) is 11.9. The molecule has 11 heteroatoms. The Morgan fingerprint density at radius 1 is 1.08 bits per heavy atom. The minimum atomic E-state index is -4.93. The smallest absolute Gasteiger partial charge is 0.399 e. The second-order valence-electron chi connectivity index (χ2n) is 8.78. The summed E-state index contributed by atoms with van der Waals surface area (Å²) in [6.07, 6.45) is -4.90. The van der Waals surface area contributed by atoms with Crippen molar-refractivity contribution in [1.29, 1.82) is 0 Å². The quantitative estimate of drug-likeness (QED) is 0.140. The number of hydrogen-bond acceptors (Lipinski definition) is 3. The Morgan fingerprint density at radius 3 is 2.46 bits per heavy atom. The highest BCUT2D eigenvalue weighted by Gasteiger charge is 2.67. The fraction of sp³-hybridized carbons (Fsp3) is 0.231. The van der Waals surface area contributed by atoms with Crippen molar-refractivity contribution in [3.63, 3.8) is 0 Å². The van der Waals surface area contributed by atoms with E-state index in [0.717, 1.165) is 17.2 Å². The maximum Gasteiger partial charge on any atom is 0.419 e. The number of hydrogen-bond donors (Lipinski definition) is 2. The number of ketones is 1. The molecule has 0 saturated heterocycles. The topological polar surface area (TPSA) is 72.2 Å². The summed E-state index contributed by atoms with van der Waals surface area (Å²) < 4.78 is 51.4. The molecule has 1 aliphatic rings. The van der Waals surface area contributed by atoms with E-state index in [-0.39, 0.29) is 34.0 Å². The third-order valence-corrected chi connectivity index (χ3v) is 7.63. The zero-order chi connectivity index (χ0) is 27.3. The number of carbonyl (C=O) groups excluding carboxylic acids is 2. The first-order valence-corrected chi connectivity index (χ1v) is 12.1. The molecule has 3 aromatic rings. The second kappa shape index (κ2) is 9.82. The van der Waals surface area contributed by atoms with E-state index in [2.05, 4.69) is 5.32 Å². The van der Waals surface area contributed by atoms with Gasteiger partial charge in [0.1, 0.15) is 10.2 Å². The molecular weight excluding hydrogens is 555 g/mol. The third-order valence-electron chi connectivity index (χ3n) is 6.36. The van der Waals surface area contributed by atoms with E-state index in [1.165, 1.54) is 18.2 Å². The van der Waals surface area contributed by atoms with Crippen LogP contribution in [0.15, 0.2) is 54.6 Å². The molecule has 0 heterocycles. The largest absolute Gasteiger partial charge is 0.419 e. The third kappa shape index (κ3) is 5.42. The van der Waals surface area contributed by atoms with Crippen LogP contribution in [0.1, 0.15) is 38.5 Å². The minimum absolute atomic E-state index is 0.0247. The Labute approximate surface area is 224 Å². The summed E-state index contributed by atoms with van der Waals surface area (Å²) in [5, 5.41) is 2.76. The number of benzene rings is 3. The molecule has 1 fully saturated rings. The van der Waals surface area contributed by atoms with Crippen molar-refractivity contribution in [2.24, 2.45) is 5.92 Å². The van der Waals surface area contributed by atoms with Gasteiger partial charge in [-0.05, 0) is 60.0 Å². The SMILES string of the molecule is Cc1c(N)cccc1CC(=O)c1cc(NC(=O)[C@H]2[C@H](c3ccc(F)c(C(F)(F)F)c3)C2(Cl)Cl)ccc1Cl. The van der Waals surface area contributed by atoms with Crippen molar-refractivity contribution in [3.05, 3.63) is 93.3 Å². The van der Waals surface area contributed by atoms with Crippen molar-refractivity contribution in [3.8, 4) is 0 Å². The summed E-state index contributed by atoms with van der Waals surface area (Å²) in [4.78, 5) is 25.9.